The number of hydrogen-bond donors (Lipinski definition) is 2. The molecule has 0 aliphatic heterocycles. The van der Waals surface area contributed by atoms with Crippen molar-refractivity contribution in [1.29, 1.82) is 0 Å². The van der Waals surface area contributed by atoms with Gasteiger partial charge in [0.15, 0.2) is 0 Å². The molecule has 1 rings (SSSR count). The molecule has 0 spiro atoms. The summed E-state index contributed by atoms with van der Waals surface area (Å²) in [6.45, 7) is 8.42. The largest absolute Gasteiger partial charge is 0.392 e. The summed E-state index contributed by atoms with van der Waals surface area (Å²) in [5.41, 5.74) is 0.885. The number of nitrogens with one attached hydrogen (secondary N) is 1. The average Bonchev–Trinajstić information content (AvgIpc) is 2.74. The Hall–Kier alpha value is -0.940. The van der Waals surface area contributed by atoms with Crippen molar-refractivity contribution in [3.8, 4) is 0 Å². The fourth-order valence-electron chi connectivity index (χ4n) is 1.36. The highest BCUT2D eigenvalue weighted by molar-refractivity contribution is 7.09. The summed E-state index contributed by atoms with van der Waals surface area (Å²) in [6.07, 6.45) is -0.426. The molecule has 0 saturated carbocycles. The molecule has 0 aliphatic carbocycles. The molecular formula is C13H22N2O2S. The molecule has 0 aliphatic rings. The van der Waals surface area contributed by atoms with E-state index in [1.165, 1.54) is 0 Å². The van der Waals surface area contributed by atoms with Gasteiger partial charge in [-0.15, -0.1) is 11.3 Å². The zero-order chi connectivity index (χ0) is 13.7. The van der Waals surface area contributed by atoms with Crippen LogP contribution in [0.5, 0.6) is 0 Å². The van der Waals surface area contributed by atoms with Crippen LogP contribution in [0.15, 0.2) is 5.38 Å². The van der Waals surface area contributed by atoms with Crippen LogP contribution in [0.4, 0.5) is 0 Å². The van der Waals surface area contributed by atoms with Crippen LogP contribution in [-0.4, -0.2) is 22.1 Å². The summed E-state index contributed by atoms with van der Waals surface area (Å²) in [6, 6.07) is 0. The number of hydrogen-bond acceptors (Lipinski definition) is 4. The molecule has 1 aromatic heterocycles. The lowest BCUT2D eigenvalue weighted by Crippen LogP contribution is -2.29. The van der Waals surface area contributed by atoms with Gasteiger partial charge in [0.05, 0.1) is 29.8 Å². The molecule has 1 amide bonds. The van der Waals surface area contributed by atoms with E-state index in [9.17, 15) is 9.90 Å². The molecule has 1 atom stereocenters. The lowest BCUT2D eigenvalue weighted by Gasteiger charge is -2.13. The summed E-state index contributed by atoms with van der Waals surface area (Å²) >= 11 is 1.62. The van der Waals surface area contributed by atoms with Crippen LogP contribution in [0.1, 0.15) is 50.7 Å². The van der Waals surface area contributed by atoms with Crippen molar-refractivity contribution in [3.05, 3.63) is 16.1 Å². The Kier molecular flexibility index (Phi) is 5.75. The van der Waals surface area contributed by atoms with Gasteiger partial charge in [-0.2, -0.15) is 0 Å². The van der Waals surface area contributed by atoms with Crippen LogP contribution in [0.3, 0.4) is 0 Å². The van der Waals surface area contributed by atoms with Gasteiger partial charge in [-0.05, 0) is 5.92 Å². The summed E-state index contributed by atoms with van der Waals surface area (Å²) in [7, 11) is 0. The van der Waals surface area contributed by atoms with Crippen LogP contribution in [0, 0.1) is 5.92 Å². The van der Waals surface area contributed by atoms with Crippen LogP contribution >= 0.6 is 11.3 Å². The predicted octanol–water partition coefficient (Wildman–Crippen LogP) is 2.29. The molecular weight excluding hydrogens is 248 g/mol. The van der Waals surface area contributed by atoms with Crippen molar-refractivity contribution in [2.45, 2.75) is 52.7 Å². The molecule has 18 heavy (non-hydrogen) atoms. The third-order valence-corrected chi connectivity index (χ3v) is 3.89. The minimum Gasteiger partial charge on any atom is -0.392 e. The van der Waals surface area contributed by atoms with Gasteiger partial charge < -0.3 is 10.4 Å². The minimum atomic E-state index is -0.577. The number of aromatic nitrogens is 1. The highest BCUT2D eigenvalue weighted by Crippen LogP contribution is 2.18. The van der Waals surface area contributed by atoms with Gasteiger partial charge in [0.25, 0.3) is 0 Å². The predicted molar refractivity (Wildman–Crippen MR) is 73.5 cm³/mol. The zero-order valence-electron chi connectivity index (χ0n) is 11.4. The lowest BCUT2D eigenvalue weighted by molar-refractivity contribution is -0.123. The second-order valence-corrected chi connectivity index (χ2v) is 6.01. The van der Waals surface area contributed by atoms with E-state index in [4.69, 9.17) is 0 Å². The molecule has 0 bridgehead atoms. The molecule has 5 heteroatoms. The molecule has 0 radical (unpaired) electrons. The minimum absolute atomic E-state index is 0.0996. The molecule has 4 nitrogen and oxygen atoms in total. The summed E-state index contributed by atoms with van der Waals surface area (Å²) in [4.78, 5) is 16.0. The van der Waals surface area contributed by atoms with E-state index in [2.05, 4.69) is 24.1 Å². The summed E-state index contributed by atoms with van der Waals surface area (Å²) in [5, 5.41) is 15.4. The molecule has 2 N–H and O–H groups in total. The van der Waals surface area contributed by atoms with Crippen LogP contribution < -0.4 is 5.32 Å². The number of amides is 1. The fraction of sp³-hybridized carbons (Fsp3) is 0.692. The Morgan fingerprint density at radius 2 is 2.11 bits per heavy atom. The second kappa shape index (κ2) is 6.85. The molecule has 0 saturated heterocycles. The maximum atomic E-state index is 11.6. The third kappa shape index (κ3) is 4.74. The number of rotatable bonds is 6. The maximum absolute atomic E-state index is 11.6. The van der Waals surface area contributed by atoms with Crippen molar-refractivity contribution in [2.24, 2.45) is 5.92 Å². The van der Waals surface area contributed by atoms with E-state index in [0.717, 1.165) is 10.7 Å². The molecule has 0 fully saturated rings. The fourth-order valence-corrected chi connectivity index (χ4v) is 2.19. The number of aliphatic hydroxyl groups excluding tert-OH is 1. The van der Waals surface area contributed by atoms with Gasteiger partial charge in [-0.1, -0.05) is 27.7 Å². The van der Waals surface area contributed by atoms with E-state index in [1.807, 2.05) is 19.2 Å². The standard InChI is InChI=1S/C13H22N2O2S/c1-8(2)11(16)5-12(17)14-6-10-7-18-13(15-10)9(3)4/h7-9,11,16H,5-6H2,1-4H3,(H,14,17). The molecule has 1 heterocycles. The Morgan fingerprint density at radius 1 is 1.44 bits per heavy atom. The van der Waals surface area contributed by atoms with Crippen LogP contribution in [0.25, 0.3) is 0 Å². The van der Waals surface area contributed by atoms with E-state index in [1.54, 1.807) is 11.3 Å². The van der Waals surface area contributed by atoms with Gasteiger partial charge in [0, 0.05) is 11.3 Å². The SMILES string of the molecule is CC(C)c1nc(CNC(=O)CC(O)C(C)C)cs1. The average molecular weight is 270 g/mol. The van der Waals surface area contributed by atoms with Crippen LogP contribution in [-0.2, 0) is 11.3 Å². The number of nitrogens with zero attached hydrogens (tertiary/aromatic N) is 1. The quantitative estimate of drug-likeness (QED) is 0.833. The number of carbonyl (C=O) groups excluding carboxylic acids is 1. The Morgan fingerprint density at radius 3 is 2.61 bits per heavy atom. The number of aliphatic hydroxyl groups is 1. The van der Waals surface area contributed by atoms with Gasteiger partial charge in [-0.3, -0.25) is 4.79 Å². The lowest BCUT2D eigenvalue weighted by atomic mass is 10.0. The Labute approximate surface area is 112 Å². The first kappa shape index (κ1) is 15.1. The van der Waals surface area contributed by atoms with E-state index < -0.39 is 6.10 Å². The highest BCUT2D eigenvalue weighted by atomic mass is 32.1. The Bertz CT molecular complexity index is 388. The zero-order valence-corrected chi connectivity index (χ0v) is 12.3. The number of thiazole rings is 1. The third-order valence-electron chi connectivity index (χ3n) is 2.69. The molecule has 1 aromatic rings. The maximum Gasteiger partial charge on any atom is 0.222 e. The van der Waals surface area contributed by atoms with E-state index in [-0.39, 0.29) is 18.2 Å². The number of carbonyl (C=O) groups is 1. The summed E-state index contributed by atoms with van der Waals surface area (Å²) < 4.78 is 0. The second-order valence-electron chi connectivity index (χ2n) is 5.12. The van der Waals surface area contributed by atoms with E-state index in [0.29, 0.717) is 12.5 Å². The van der Waals surface area contributed by atoms with Gasteiger partial charge in [-0.25, -0.2) is 4.98 Å². The Balaban J connectivity index is 2.38. The van der Waals surface area contributed by atoms with Crippen molar-refractivity contribution in [1.82, 2.24) is 10.3 Å². The van der Waals surface area contributed by atoms with Crippen molar-refractivity contribution < 1.29 is 9.90 Å². The first-order valence-electron chi connectivity index (χ1n) is 6.29. The smallest absolute Gasteiger partial charge is 0.222 e. The summed E-state index contributed by atoms with van der Waals surface area (Å²) in [5.74, 6) is 0.389. The van der Waals surface area contributed by atoms with Gasteiger partial charge in [0.2, 0.25) is 5.91 Å². The monoisotopic (exact) mass is 270 g/mol. The first-order chi connectivity index (χ1) is 8.40. The van der Waals surface area contributed by atoms with Gasteiger partial charge in [0.1, 0.15) is 0 Å². The van der Waals surface area contributed by atoms with Crippen molar-refractivity contribution in [2.75, 3.05) is 0 Å². The van der Waals surface area contributed by atoms with Crippen molar-refractivity contribution in [3.63, 3.8) is 0 Å². The molecule has 0 aromatic carbocycles. The van der Waals surface area contributed by atoms with Crippen molar-refractivity contribution >= 4 is 17.2 Å². The topological polar surface area (TPSA) is 62.2 Å². The normalized spacial score (nSPS) is 13.1. The highest BCUT2D eigenvalue weighted by Gasteiger charge is 2.14. The molecule has 1 unspecified atom stereocenters. The van der Waals surface area contributed by atoms with E-state index >= 15 is 0 Å². The van der Waals surface area contributed by atoms with Gasteiger partial charge >= 0.3 is 0 Å². The first-order valence-corrected chi connectivity index (χ1v) is 7.17. The molecule has 102 valence electrons. The van der Waals surface area contributed by atoms with Crippen LogP contribution in [0.2, 0.25) is 0 Å².